The maximum Gasteiger partial charge on any atom is 0.407 e. The van der Waals surface area contributed by atoms with Crippen LogP contribution in [-0.4, -0.2) is 25.3 Å². The number of hydrogen-bond donors (Lipinski definition) is 2. The molecule has 0 unspecified atom stereocenters. The highest BCUT2D eigenvalue weighted by atomic mass is 16.5. The Balaban J connectivity index is 1.40. The number of hydrogen-bond acceptors (Lipinski definition) is 4. The molecular formula is C20H24N2O3. The van der Waals surface area contributed by atoms with E-state index in [2.05, 4.69) is 16.7 Å². The van der Waals surface area contributed by atoms with E-state index in [1.165, 1.54) is 0 Å². The number of nitrogens with one attached hydrogen (secondary N) is 2. The molecule has 2 aromatic carbocycles. The molecule has 1 saturated carbocycles. The SMILES string of the molecule is COc1cc(C)ccc1NC1CC(NC(=O)OCc2ccccc2)C1. The third-order valence-corrected chi connectivity index (χ3v) is 4.39. The van der Waals surface area contributed by atoms with Gasteiger partial charge in [-0.25, -0.2) is 4.79 Å². The van der Waals surface area contributed by atoms with E-state index in [-0.39, 0.29) is 12.1 Å². The van der Waals surface area contributed by atoms with Crippen molar-refractivity contribution in [2.75, 3.05) is 12.4 Å². The minimum Gasteiger partial charge on any atom is -0.495 e. The molecule has 3 rings (SSSR count). The number of methoxy groups -OCH3 is 1. The van der Waals surface area contributed by atoms with E-state index in [0.29, 0.717) is 12.6 Å². The molecule has 0 saturated heterocycles. The first kappa shape index (κ1) is 17.1. The van der Waals surface area contributed by atoms with Crippen LogP contribution in [0.25, 0.3) is 0 Å². The topological polar surface area (TPSA) is 59.6 Å². The number of ether oxygens (including phenoxy) is 2. The van der Waals surface area contributed by atoms with Crippen LogP contribution in [0.15, 0.2) is 48.5 Å². The Morgan fingerprint density at radius 1 is 1.12 bits per heavy atom. The van der Waals surface area contributed by atoms with Crippen LogP contribution in [0.1, 0.15) is 24.0 Å². The van der Waals surface area contributed by atoms with Gasteiger partial charge in [-0.3, -0.25) is 0 Å². The molecule has 0 radical (unpaired) electrons. The van der Waals surface area contributed by atoms with Crippen LogP contribution >= 0.6 is 0 Å². The third kappa shape index (κ3) is 4.66. The van der Waals surface area contributed by atoms with Gasteiger partial charge in [0.2, 0.25) is 0 Å². The first-order chi connectivity index (χ1) is 12.1. The fourth-order valence-corrected chi connectivity index (χ4v) is 2.92. The van der Waals surface area contributed by atoms with Crippen molar-refractivity contribution in [3.05, 3.63) is 59.7 Å². The van der Waals surface area contributed by atoms with Crippen molar-refractivity contribution in [2.24, 2.45) is 0 Å². The summed E-state index contributed by atoms with van der Waals surface area (Å²) in [6.45, 7) is 2.33. The zero-order valence-electron chi connectivity index (χ0n) is 14.6. The monoisotopic (exact) mass is 340 g/mol. The maximum atomic E-state index is 11.8. The number of rotatable bonds is 6. The second kappa shape index (κ2) is 7.92. The highest BCUT2D eigenvalue weighted by molar-refractivity contribution is 5.68. The van der Waals surface area contributed by atoms with Crippen molar-refractivity contribution in [3.8, 4) is 5.75 Å². The average molecular weight is 340 g/mol. The van der Waals surface area contributed by atoms with E-state index in [0.717, 1.165) is 35.4 Å². The van der Waals surface area contributed by atoms with Crippen LogP contribution in [0.4, 0.5) is 10.5 Å². The lowest BCUT2D eigenvalue weighted by atomic mass is 9.86. The summed E-state index contributed by atoms with van der Waals surface area (Å²) in [5, 5.41) is 6.38. The number of carbonyl (C=O) groups excluding carboxylic acids is 1. The Hall–Kier alpha value is -2.69. The summed E-state index contributed by atoms with van der Waals surface area (Å²) in [5.41, 5.74) is 3.14. The Bertz CT molecular complexity index is 712. The summed E-state index contributed by atoms with van der Waals surface area (Å²) in [4.78, 5) is 11.8. The van der Waals surface area contributed by atoms with Crippen LogP contribution in [0.2, 0.25) is 0 Å². The summed E-state index contributed by atoms with van der Waals surface area (Å²) in [5.74, 6) is 0.846. The Morgan fingerprint density at radius 2 is 1.88 bits per heavy atom. The van der Waals surface area contributed by atoms with Crippen molar-refractivity contribution >= 4 is 11.8 Å². The van der Waals surface area contributed by atoms with Gasteiger partial charge in [-0.05, 0) is 43.0 Å². The second-order valence-electron chi connectivity index (χ2n) is 6.42. The zero-order valence-corrected chi connectivity index (χ0v) is 14.6. The number of anilines is 1. The molecule has 0 atom stereocenters. The van der Waals surface area contributed by atoms with Crippen LogP contribution < -0.4 is 15.4 Å². The molecule has 0 heterocycles. The van der Waals surface area contributed by atoms with Crippen molar-refractivity contribution in [1.29, 1.82) is 0 Å². The summed E-state index contributed by atoms with van der Waals surface area (Å²) in [6, 6.07) is 16.2. The number of aryl methyl sites for hydroxylation is 1. The highest BCUT2D eigenvalue weighted by Crippen LogP contribution is 2.30. The Labute approximate surface area is 148 Å². The molecule has 2 aromatic rings. The lowest BCUT2D eigenvalue weighted by molar-refractivity contribution is 0.129. The minimum absolute atomic E-state index is 0.150. The normalized spacial score (nSPS) is 18.8. The first-order valence-corrected chi connectivity index (χ1v) is 8.52. The molecule has 1 fully saturated rings. The minimum atomic E-state index is -0.361. The van der Waals surface area contributed by atoms with Crippen molar-refractivity contribution in [2.45, 2.75) is 38.5 Å². The summed E-state index contributed by atoms with van der Waals surface area (Å²) >= 11 is 0. The molecule has 0 aromatic heterocycles. The first-order valence-electron chi connectivity index (χ1n) is 8.52. The molecule has 0 spiro atoms. The predicted octanol–water partition coefficient (Wildman–Crippen LogP) is 3.87. The fraction of sp³-hybridized carbons (Fsp3) is 0.350. The van der Waals surface area contributed by atoms with Gasteiger partial charge in [0.1, 0.15) is 12.4 Å². The molecule has 0 aliphatic heterocycles. The summed E-state index contributed by atoms with van der Waals surface area (Å²) in [7, 11) is 1.67. The molecule has 1 amide bonds. The van der Waals surface area contributed by atoms with Gasteiger partial charge in [0.05, 0.1) is 12.8 Å². The summed E-state index contributed by atoms with van der Waals surface area (Å²) in [6.07, 6.45) is 1.38. The van der Waals surface area contributed by atoms with Crippen molar-refractivity contribution in [1.82, 2.24) is 5.32 Å². The third-order valence-electron chi connectivity index (χ3n) is 4.39. The fourth-order valence-electron chi connectivity index (χ4n) is 2.92. The van der Waals surface area contributed by atoms with E-state index in [1.807, 2.05) is 49.4 Å². The number of benzene rings is 2. The predicted molar refractivity (Wildman–Crippen MR) is 97.9 cm³/mol. The zero-order chi connectivity index (χ0) is 17.6. The lowest BCUT2D eigenvalue weighted by Gasteiger charge is -2.36. The van der Waals surface area contributed by atoms with E-state index in [1.54, 1.807) is 7.11 Å². The molecule has 1 aliphatic carbocycles. The molecule has 132 valence electrons. The van der Waals surface area contributed by atoms with Gasteiger partial charge in [0.25, 0.3) is 0 Å². The van der Waals surface area contributed by atoms with Gasteiger partial charge in [0.15, 0.2) is 0 Å². The molecule has 25 heavy (non-hydrogen) atoms. The number of carbonyl (C=O) groups is 1. The van der Waals surface area contributed by atoms with Gasteiger partial charge in [-0.1, -0.05) is 36.4 Å². The van der Waals surface area contributed by atoms with Crippen molar-refractivity contribution in [3.63, 3.8) is 0 Å². The van der Waals surface area contributed by atoms with E-state index in [9.17, 15) is 4.79 Å². The number of alkyl carbamates (subject to hydrolysis) is 1. The van der Waals surface area contributed by atoms with Gasteiger partial charge >= 0.3 is 6.09 Å². The van der Waals surface area contributed by atoms with Crippen LogP contribution in [-0.2, 0) is 11.3 Å². The second-order valence-corrected chi connectivity index (χ2v) is 6.42. The average Bonchev–Trinajstić information content (AvgIpc) is 2.60. The van der Waals surface area contributed by atoms with Crippen molar-refractivity contribution < 1.29 is 14.3 Å². The highest BCUT2D eigenvalue weighted by Gasteiger charge is 2.31. The van der Waals surface area contributed by atoms with Gasteiger partial charge in [0, 0.05) is 12.1 Å². The van der Waals surface area contributed by atoms with Crippen LogP contribution in [0.5, 0.6) is 5.75 Å². The standard InChI is InChI=1S/C20H24N2O3/c1-14-8-9-18(19(10-14)24-2)21-16-11-17(12-16)22-20(23)25-13-15-6-4-3-5-7-15/h3-10,16-17,21H,11-13H2,1-2H3,(H,22,23). The molecular weight excluding hydrogens is 316 g/mol. The van der Waals surface area contributed by atoms with Gasteiger partial charge < -0.3 is 20.1 Å². The lowest BCUT2D eigenvalue weighted by Crippen LogP contribution is -2.49. The molecule has 5 heteroatoms. The van der Waals surface area contributed by atoms with Gasteiger partial charge in [-0.15, -0.1) is 0 Å². The number of amides is 1. The molecule has 5 nitrogen and oxygen atoms in total. The molecule has 0 bridgehead atoms. The van der Waals surface area contributed by atoms with Gasteiger partial charge in [-0.2, -0.15) is 0 Å². The molecule has 1 aliphatic rings. The quantitative estimate of drug-likeness (QED) is 0.838. The maximum absolute atomic E-state index is 11.8. The van der Waals surface area contributed by atoms with Crippen LogP contribution in [0, 0.1) is 6.92 Å². The van der Waals surface area contributed by atoms with Crippen LogP contribution in [0.3, 0.4) is 0 Å². The Kier molecular flexibility index (Phi) is 5.43. The largest absolute Gasteiger partial charge is 0.495 e. The smallest absolute Gasteiger partial charge is 0.407 e. The van der Waals surface area contributed by atoms with E-state index in [4.69, 9.17) is 9.47 Å². The molecule has 2 N–H and O–H groups in total. The van der Waals surface area contributed by atoms with E-state index >= 15 is 0 Å². The van der Waals surface area contributed by atoms with E-state index < -0.39 is 0 Å². The Morgan fingerprint density at radius 3 is 2.60 bits per heavy atom. The summed E-state index contributed by atoms with van der Waals surface area (Å²) < 4.78 is 10.7.